The van der Waals surface area contributed by atoms with Gasteiger partial charge in [0, 0.05) is 18.3 Å². The van der Waals surface area contributed by atoms with E-state index >= 15 is 0 Å². The zero-order valence-electron chi connectivity index (χ0n) is 24.3. The molecule has 7 atom stereocenters. The predicted molar refractivity (Wildman–Crippen MR) is 156 cm³/mol. The number of nitrogens with zero attached hydrogens (tertiary/aromatic N) is 1. The van der Waals surface area contributed by atoms with Gasteiger partial charge in [-0.1, -0.05) is 43.6 Å². The number of nitrogens with one attached hydrogen (secondary N) is 2. The van der Waals surface area contributed by atoms with Crippen LogP contribution in [0.25, 0.3) is 0 Å². The van der Waals surface area contributed by atoms with Crippen LogP contribution in [0.15, 0.2) is 48.1 Å². The molecule has 2 bridgehead atoms. The zero-order chi connectivity index (χ0) is 28.6. The van der Waals surface area contributed by atoms with E-state index in [2.05, 4.69) is 23.6 Å². The van der Waals surface area contributed by atoms with Gasteiger partial charge in [0.2, 0.25) is 17.7 Å². The Morgan fingerprint density at radius 1 is 1.10 bits per heavy atom. The minimum atomic E-state index is -1.13. The summed E-state index contributed by atoms with van der Waals surface area (Å²) in [5, 5.41) is 6.31. The fraction of sp³-hybridized carbons (Fsp3) is 0.606. The predicted octanol–water partition coefficient (Wildman–Crippen LogP) is 4.76. The van der Waals surface area contributed by atoms with Crippen LogP contribution in [0, 0.1) is 17.8 Å². The molecule has 3 aliphatic heterocycles. The first kappa shape index (κ1) is 28.0. The maximum Gasteiger partial charge on any atom is 0.246 e. The lowest BCUT2D eigenvalue weighted by atomic mass is 9.74. The molecular weight excluding hydrogens is 518 g/mol. The SMILES string of the molecule is CCOc1ccc(NC(=O)C2C3C=CC4(O3)C2C(=O)N(CCC2=CCCCC2)C4C(=O)NC2CCCCC2C)cc1. The van der Waals surface area contributed by atoms with Gasteiger partial charge < -0.3 is 25.0 Å². The number of likely N-dealkylation sites (tertiary alicyclic amines) is 1. The van der Waals surface area contributed by atoms with E-state index in [9.17, 15) is 14.4 Å². The van der Waals surface area contributed by atoms with Gasteiger partial charge in [0.1, 0.15) is 17.4 Å². The second-order valence-corrected chi connectivity index (χ2v) is 12.4. The van der Waals surface area contributed by atoms with Gasteiger partial charge in [0.25, 0.3) is 0 Å². The summed E-state index contributed by atoms with van der Waals surface area (Å²) >= 11 is 0. The van der Waals surface area contributed by atoms with E-state index in [4.69, 9.17) is 9.47 Å². The van der Waals surface area contributed by atoms with Crippen molar-refractivity contribution in [3.63, 3.8) is 0 Å². The molecule has 8 nitrogen and oxygen atoms in total. The number of anilines is 1. The minimum absolute atomic E-state index is 0.0889. The number of carbonyl (C=O) groups excluding carboxylic acids is 3. The maximum absolute atomic E-state index is 14.2. The van der Waals surface area contributed by atoms with E-state index in [1.807, 2.05) is 31.2 Å². The highest BCUT2D eigenvalue weighted by Gasteiger charge is 2.72. The molecule has 3 amide bonds. The molecule has 7 unspecified atom stereocenters. The number of carbonyl (C=O) groups is 3. The monoisotopic (exact) mass is 561 g/mol. The van der Waals surface area contributed by atoms with E-state index in [0.29, 0.717) is 24.8 Å². The lowest BCUT2D eigenvalue weighted by Gasteiger charge is -2.36. The highest BCUT2D eigenvalue weighted by atomic mass is 16.5. The Morgan fingerprint density at radius 3 is 2.63 bits per heavy atom. The molecule has 2 saturated heterocycles. The van der Waals surface area contributed by atoms with Crippen LogP contribution in [-0.2, 0) is 19.1 Å². The Morgan fingerprint density at radius 2 is 1.90 bits per heavy atom. The molecule has 0 radical (unpaired) electrons. The minimum Gasteiger partial charge on any atom is -0.494 e. The molecule has 1 aromatic rings. The van der Waals surface area contributed by atoms with Crippen molar-refractivity contribution in [2.24, 2.45) is 17.8 Å². The summed E-state index contributed by atoms with van der Waals surface area (Å²) in [7, 11) is 0. The molecule has 41 heavy (non-hydrogen) atoms. The number of amides is 3. The van der Waals surface area contributed by atoms with Gasteiger partial charge in [-0.25, -0.2) is 0 Å². The lowest BCUT2D eigenvalue weighted by Crippen LogP contribution is -2.57. The molecule has 220 valence electrons. The number of rotatable bonds is 9. The van der Waals surface area contributed by atoms with E-state index < -0.39 is 29.6 Å². The summed E-state index contributed by atoms with van der Waals surface area (Å²) in [6, 6.07) is 6.52. The van der Waals surface area contributed by atoms with Crippen LogP contribution < -0.4 is 15.4 Å². The molecular formula is C33H43N3O5. The van der Waals surface area contributed by atoms with Crippen molar-refractivity contribution in [1.82, 2.24) is 10.2 Å². The van der Waals surface area contributed by atoms with Crippen molar-refractivity contribution in [2.45, 2.75) is 95.4 Å². The topological polar surface area (TPSA) is 97.0 Å². The van der Waals surface area contributed by atoms with Crippen molar-refractivity contribution in [2.75, 3.05) is 18.5 Å². The van der Waals surface area contributed by atoms with E-state index in [1.165, 1.54) is 18.4 Å². The van der Waals surface area contributed by atoms with Crippen LogP contribution in [0.2, 0.25) is 0 Å². The number of allylic oxidation sites excluding steroid dienone is 1. The number of benzene rings is 1. The molecule has 2 N–H and O–H groups in total. The quantitative estimate of drug-likeness (QED) is 0.424. The molecule has 3 fully saturated rings. The first-order chi connectivity index (χ1) is 19.9. The summed E-state index contributed by atoms with van der Waals surface area (Å²) < 4.78 is 12.0. The molecule has 8 heteroatoms. The van der Waals surface area contributed by atoms with Crippen molar-refractivity contribution in [1.29, 1.82) is 0 Å². The first-order valence-electron chi connectivity index (χ1n) is 15.6. The third kappa shape index (κ3) is 5.20. The van der Waals surface area contributed by atoms with Crippen LogP contribution in [0.4, 0.5) is 5.69 Å². The van der Waals surface area contributed by atoms with Crippen LogP contribution in [-0.4, -0.2) is 59.6 Å². The molecule has 0 aromatic heterocycles. The molecule has 1 aromatic carbocycles. The third-order valence-corrected chi connectivity index (χ3v) is 9.86. The second-order valence-electron chi connectivity index (χ2n) is 12.4. The highest BCUT2D eigenvalue weighted by Crippen LogP contribution is 2.55. The van der Waals surface area contributed by atoms with Crippen LogP contribution in [0.1, 0.15) is 71.6 Å². The summed E-state index contributed by atoms with van der Waals surface area (Å²) in [4.78, 5) is 43.8. The smallest absolute Gasteiger partial charge is 0.246 e. The van der Waals surface area contributed by atoms with Crippen molar-refractivity contribution >= 4 is 23.4 Å². The van der Waals surface area contributed by atoms with E-state index in [-0.39, 0.29) is 23.8 Å². The standard InChI is InChI=1S/C33H43N3O5/c1-3-40-24-15-13-23(14-16-24)34-30(37)27-26-17-19-33(41-26)28(27)32(39)36(20-18-22-10-5-4-6-11-22)29(33)31(38)35-25-12-8-7-9-21(25)2/h10,13-17,19,21,25-29H,3-9,11-12,18,20H2,1-2H3,(H,34,37)(H,35,38). The van der Waals surface area contributed by atoms with Gasteiger partial charge >= 0.3 is 0 Å². The Balaban J connectivity index is 1.26. The summed E-state index contributed by atoms with van der Waals surface area (Å²) in [5.41, 5.74) is 0.849. The average molecular weight is 562 g/mol. The van der Waals surface area contributed by atoms with Crippen molar-refractivity contribution in [3.05, 3.63) is 48.1 Å². The largest absolute Gasteiger partial charge is 0.494 e. The van der Waals surface area contributed by atoms with Gasteiger partial charge in [-0.15, -0.1) is 0 Å². The Labute approximate surface area is 242 Å². The lowest BCUT2D eigenvalue weighted by molar-refractivity contribution is -0.141. The van der Waals surface area contributed by atoms with Gasteiger partial charge in [0.15, 0.2) is 0 Å². The van der Waals surface area contributed by atoms with Gasteiger partial charge in [-0.05, 0) is 82.1 Å². The van der Waals surface area contributed by atoms with Crippen molar-refractivity contribution in [3.8, 4) is 5.75 Å². The fourth-order valence-electron chi connectivity index (χ4n) is 7.72. The van der Waals surface area contributed by atoms with E-state index in [1.54, 1.807) is 17.0 Å². The zero-order valence-corrected chi connectivity index (χ0v) is 24.3. The average Bonchev–Trinajstić information content (AvgIpc) is 3.62. The summed E-state index contributed by atoms with van der Waals surface area (Å²) in [5.74, 6) is -0.899. The van der Waals surface area contributed by atoms with Crippen LogP contribution >= 0.6 is 0 Å². The Bertz CT molecular complexity index is 1230. The van der Waals surface area contributed by atoms with E-state index in [0.717, 1.165) is 50.7 Å². The number of fused-ring (bicyclic) bond motifs is 1. The third-order valence-electron chi connectivity index (χ3n) is 9.86. The second kappa shape index (κ2) is 11.6. The Kier molecular flexibility index (Phi) is 7.94. The molecule has 5 aliphatic rings. The molecule has 3 heterocycles. The number of ether oxygens (including phenoxy) is 2. The molecule has 1 spiro atoms. The molecule has 2 aliphatic carbocycles. The summed E-state index contributed by atoms with van der Waals surface area (Å²) in [6.45, 7) is 5.13. The molecule has 1 saturated carbocycles. The normalized spacial score (nSPS) is 33.9. The maximum atomic E-state index is 14.2. The van der Waals surface area contributed by atoms with Gasteiger partial charge in [-0.2, -0.15) is 0 Å². The van der Waals surface area contributed by atoms with Crippen LogP contribution in [0.5, 0.6) is 5.75 Å². The van der Waals surface area contributed by atoms with Gasteiger partial charge in [-0.3, -0.25) is 14.4 Å². The molecule has 6 rings (SSSR count). The van der Waals surface area contributed by atoms with Crippen LogP contribution in [0.3, 0.4) is 0 Å². The summed E-state index contributed by atoms with van der Waals surface area (Å²) in [6.07, 6.45) is 15.1. The highest BCUT2D eigenvalue weighted by molar-refractivity contribution is 6.02. The number of hydrogen-bond donors (Lipinski definition) is 2. The van der Waals surface area contributed by atoms with Gasteiger partial charge in [0.05, 0.1) is 24.5 Å². The number of hydrogen-bond acceptors (Lipinski definition) is 5. The Hall–Kier alpha value is -3.13. The van der Waals surface area contributed by atoms with Crippen molar-refractivity contribution < 1.29 is 23.9 Å². The first-order valence-corrected chi connectivity index (χ1v) is 15.6. The fourth-order valence-corrected chi connectivity index (χ4v) is 7.72.